The molecule has 1 unspecified atom stereocenters. The molecule has 1 aliphatic heterocycles. The van der Waals surface area contributed by atoms with Crippen molar-refractivity contribution >= 4 is 11.9 Å². The highest BCUT2D eigenvalue weighted by Crippen LogP contribution is 2.09. The zero-order chi connectivity index (χ0) is 13.1. The van der Waals surface area contributed by atoms with Crippen molar-refractivity contribution < 1.29 is 4.42 Å². The third-order valence-corrected chi connectivity index (χ3v) is 2.68. The molecule has 2 N–H and O–H groups in total. The summed E-state index contributed by atoms with van der Waals surface area (Å²) < 4.78 is 5.12. The minimum Gasteiger partial charge on any atom is -0.472 e. The van der Waals surface area contributed by atoms with Gasteiger partial charge in [0.05, 0.1) is 19.1 Å². The van der Waals surface area contributed by atoms with Gasteiger partial charge in [-0.3, -0.25) is 5.32 Å². The molecular formula is C12H19N5O. The Morgan fingerprint density at radius 3 is 2.83 bits per heavy atom. The average molecular weight is 249 g/mol. The molecule has 1 aliphatic rings. The highest BCUT2D eigenvalue weighted by molar-refractivity contribution is 6.00. The maximum atomic E-state index is 5.12. The Labute approximate surface area is 107 Å². The van der Waals surface area contributed by atoms with Gasteiger partial charge >= 0.3 is 0 Å². The summed E-state index contributed by atoms with van der Waals surface area (Å²) in [6.45, 7) is 4.59. The van der Waals surface area contributed by atoms with Crippen LogP contribution in [0, 0.1) is 6.92 Å². The van der Waals surface area contributed by atoms with E-state index in [0.29, 0.717) is 6.54 Å². The minimum atomic E-state index is 0.0212. The lowest BCUT2D eigenvalue weighted by Crippen LogP contribution is -2.53. The van der Waals surface area contributed by atoms with Crippen LogP contribution in [-0.4, -0.2) is 37.1 Å². The van der Waals surface area contributed by atoms with E-state index in [2.05, 4.69) is 20.6 Å². The summed E-state index contributed by atoms with van der Waals surface area (Å²) in [7, 11) is 3.89. The van der Waals surface area contributed by atoms with Gasteiger partial charge in [0.2, 0.25) is 5.96 Å². The molecule has 0 amide bonds. The fourth-order valence-electron chi connectivity index (χ4n) is 1.61. The number of aliphatic imine (C=N–C) groups is 2. The third-order valence-electron chi connectivity index (χ3n) is 2.68. The molecule has 18 heavy (non-hydrogen) atoms. The number of nitrogens with one attached hydrogen (secondary N) is 2. The number of hydrogen-bond acceptors (Lipinski definition) is 4. The van der Waals surface area contributed by atoms with E-state index in [1.54, 1.807) is 12.5 Å². The molecular weight excluding hydrogens is 230 g/mol. The second-order valence-electron chi connectivity index (χ2n) is 4.54. The van der Waals surface area contributed by atoms with Gasteiger partial charge in [-0.15, -0.1) is 0 Å². The molecule has 2 rings (SSSR count). The van der Waals surface area contributed by atoms with Crippen LogP contribution in [0.25, 0.3) is 0 Å². The number of nitrogens with zero attached hydrogens (tertiary/aromatic N) is 3. The molecule has 98 valence electrons. The van der Waals surface area contributed by atoms with E-state index in [1.165, 1.54) is 0 Å². The van der Waals surface area contributed by atoms with Crippen molar-refractivity contribution in [1.82, 2.24) is 15.5 Å². The summed E-state index contributed by atoms with van der Waals surface area (Å²) >= 11 is 0. The van der Waals surface area contributed by atoms with E-state index >= 15 is 0 Å². The predicted octanol–water partition coefficient (Wildman–Crippen LogP) is 0.900. The van der Waals surface area contributed by atoms with Crippen molar-refractivity contribution in [2.45, 2.75) is 26.6 Å². The number of aryl methyl sites for hydroxylation is 1. The highest BCUT2D eigenvalue weighted by Gasteiger charge is 2.15. The van der Waals surface area contributed by atoms with Crippen LogP contribution in [0.3, 0.4) is 0 Å². The normalized spacial score (nSPS) is 21.2. The van der Waals surface area contributed by atoms with Gasteiger partial charge in [-0.25, -0.2) is 9.98 Å². The molecule has 1 aromatic rings. The zero-order valence-corrected chi connectivity index (χ0v) is 11.2. The van der Waals surface area contributed by atoms with Crippen LogP contribution in [-0.2, 0) is 6.54 Å². The smallest absolute Gasteiger partial charge is 0.202 e. The van der Waals surface area contributed by atoms with Crippen molar-refractivity contribution in [2.24, 2.45) is 9.98 Å². The zero-order valence-electron chi connectivity index (χ0n) is 11.2. The van der Waals surface area contributed by atoms with E-state index in [0.717, 1.165) is 23.0 Å². The van der Waals surface area contributed by atoms with E-state index in [9.17, 15) is 0 Å². The van der Waals surface area contributed by atoms with Crippen LogP contribution in [0.4, 0.5) is 0 Å². The Kier molecular flexibility index (Phi) is 3.55. The summed E-state index contributed by atoms with van der Waals surface area (Å²) in [5.74, 6) is 1.55. The van der Waals surface area contributed by atoms with E-state index < -0.39 is 0 Å². The summed E-state index contributed by atoms with van der Waals surface area (Å²) in [6.07, 6.45) is 3.48. The topological polar surface area (TPSA) is 65.2 Å². The van der Waals surface area contributed by atoms with Crippen LogP contribution in [0.15, 0.2) is 26.9 Å². The van der Waals surface area contributed by atoms with Gasteiger partial charge < -0.3 is 14.6 Å². The standard InChI is InChI=1S/C12H19N5O/c1-8-6-18-7-10(8)5-13-11-14-9(2)15-12(16-11)17(3)4/h6-7,9H,5H2,1-4H3,(H2,13,14,15,16). The largest absolute Gasteiger partial charge is 0.472 e. The lowest BCUT2D eigenvalue weighted by molar-refractivity contribution is 0.558. The Balaban J connectivity index is 2.06. The Hall–Kier alpha value is -1.98. The first kappa shape index (κ1) is 12.5. The van der Waals surface area contributed by atoms with Gasteiger partial charge in [0, 0.05) is 19.7 Å². The van der Waals surface area contributed by atoms with Gasteiger partial charge in [-0.2, -0.15) is 0 Å². The first-order valence-corrected chi connectivity index (χ1v) is 5.91. The van der Waals surface area contributed by atoms with Gasteiger partial charge in [-0.05, 0) is 19.4 Å². The average Bonchev–Trinajstić information content (AvgIpc) is 2.71. The quantitative estimate of drug-likeness (QED) is 0.817. The molecule has 2 heterocycles. The SMILES string of the molecule is Cc1cocc1CN=C1NC(N(C)C)=NC(C)N1. The van der Waals surface area contributed by atoms with Gasteiger partial charge in [0.25, 0.3) is 0 Å². The summed E-state index contributed by atoms with van der Waals surface area (Å²) in [6, 6.07) is 0. The minimum absolute atomic E-state index is 0.0212. The molecule has 1 atom stereocenters. The molecule has 0 spiro atoms. The number of furan rings is 1. The van der Waals surface area contributed by atoms with Crippen LogP contribution < -0.4 is 10.6 Å². The monoisotopic (exact) mass is 249 g/mol. The molecule has 1 aromatic heterocycles. The van der Waals surface area contributed by atoms with Crippen molar-refractivity contribution in [3.8, 4) is 0 Å². The van der Waals surface area contributed by atoms with E-state index in [-0.39, 0.29) is 6.17 Å². The van der Waals surface area contributed by atoms with Crippen molar-refractivity contribution in [2.75, 3.05) is 14.1 Å². The fourth-order valence-corrected chi connectivity index (χ4v) is 1.61. The van der Waals surface area contributed by atoms with Gasteiger partial charge in [0.1, 0.15) is 6.17 Å². The summed E-state index contributed by atoms with van der Waals surface area (Å²) in [5.41, 5.74) is 2.21. The maximum absolute atomic E-state index is 5.12. The molecule has 6 nitrogen and oxygen atoms in total. The summed E-state index contributed by atoms with van der Waals surface area (Å²) in [5, 5.41) is 6.33. The van der Waals surface area contributed by atoms with Crippen LogP contribution >= 0.6 is 0 Å². The second-order valence-corrected chi connectivity index (χ2v) is 4.54. The Morgan fingerprint density at radius 1 is 1.44 bits per heavy atom. The molecule has 0 saturated heterocycles. The Bertz CT molecular complexity index is 475. The molecule has 0 saturated carbocycles. The van der Waals surface area contributed by atoms with Crippen LogP contribution in [0.5, 0.6) is 0 Å². The van der Waals surface area contributed by atoms with Gasteiger partial charge in [0.15, 0.2) is 5.96 Å². The Morgan fingerprint density at radius 2 is 2.22 bits per heavy atom. The first-order chi connectivity index (χ1) is 8.56. The molecule has 0 aliphatic carbocycles. The van der Waals surface area contributed by atoms with Crippen LogP contribution in [0.1, 0.15) is 18.1 Å². The number of hydrogen-bond donors (Lipinski definition) is 2. The predicted molar refractivity (Wildman–Crippen MR) is 71.4 cm³/mol. The molecule has 0 fully saturated rings. The lowest BCUT2D eigenvalue weighted by Gasteiger charge is -2.26. The maximum Gasteiger partial charge on any atom is 0.202 e. The third kappa shape index (κ3) is 2.82. The van der Waals surface area contributed by atoms with Gasteiger partial charge in [-0.1, -0.05) is 0 Å². The van der Waals surface area contributed by atoms with Crippen molar-refractivity contribution in [1.29, 1.82) is 0 Å². The number of guanidine groups is 2. The first-order valence-electron chi connectivity index (χ1n) is 5.91. The van der Waals surface area contributed by atoms with Crippen molar-refractivity contribution in [3.05, 3.63) is 23.7 Å². The highest BCUT2D eigenvalue weighted by atomic mass is 16.3. The lowest BCUT2D eigenvalue weighted by atomic mass is 10.2. The number of rotatable bonds is 2. The molecule has 0 aromatic carbocycles. The molecule has 0 radical (unpaired) electrons. The van der Waals surface area contributed by atoms with Crippen LogP contribution in [0.2, 0.25) is 0 Å². The summed E-state index contributed by atoms with van der Waals surface area (Å²) in [4.78, 5) is 10.8. The van der Waals surface area contributed by atoms with Crippen molar-refractivity contribution in [3.63, 3.8) is 0 Å². The second kappa shape index (κ2) is 5.12. The van der Waals surface area contributed by atoms with E-state index in [1.807, 2.05) is 32.8 Å². The molecule has 6 heteroatoms. The fraction of sp³-hybridized carbons (Fsp3) is 0.500. The van der Waals surface area contributed by atoms with E-state index in [4.69, 9.17) is 4.42 Å². The molecule has 0 bridgehead atoms.